The number of nitrogens with zero attached hydrogens (tertiary/aromatic N) is 2. The van der Waals surface area contributed by atoms with Crippen LogP contribution >= 0.6 is 0 Å². The second kappa shape index (κ2) is 1.97. The Morgan fingerprint density at radius 3 is 2.78 bits per heavy atom. The van der Waals surface area contributed by atoms with Crippen LogP contribution in [0.2, 0.25) is 0 Å². The van der Waals surface area contributed by atoms with E-state index >= 15 is 0 Å². The zero-order valence-corrected chi connectivity index (χ0v) is 5.03. The van der Waals surface area contributed by atoms with Crippen molar-refractivity contribution in [3.8, 4) is 0 Å². The quantitative estimate of drug-likeness (QED) is 0.534. The molecule has 9 heavy (non-hydrogen) atoms. The third-order valence-electron chi connectivity index (χ3n) is 0.999. The molecule has 2 N–H and O–H groups in total. The largest absolute Gasteiger partial charge is 0.364 e. The summed E-state index contributed by atoms with van der Waals surface area (Å²) < 4.78 is 0. The monoisotopic (exact) mass is 125 g/mol. The van der Waals surface area contributed by atoms with Crippen LogP contribution in [0.15, 0.2) is 22.0 Å². The number of azo groups is 1. The molecule has 0 saturated heterocycles. The summed E-state index contributed by atoms with van der Waals surface area (Å²) in [5.41, 5.74) is 5.17. The van der Waals surface area contributed by atoms with Crippen LogP contribution in [0.5, 0.6) is 0 Å². The Bertz CT molecular complexity index is 194. The van der Waals surface area contributed by atoms with Crippen molar-refractivity contribution in [1.29, 1.82) is 0 Å². The fourth-order valence-corrected chi connectivity index (χ4v) is 0.580. The van der Waals surface area contributed by atoms with Crippen molar-refractivity contribution in [2.75, 3.05) is 0 Å². The van der Waals surface area contributed by atoms with E-state index < -0.39 is 5.91 Å². The molecule has 0 aliphatic carbocycles. The number of primary amides is 1. The van der Waals surface area contributed by atoms with Gasteiger partial charge in [0.25, 0.3) is 5.91 Å². The first-order valence-corrected chi connectivity index (χ1v) is 2.62. The van der Waals surface area contributed by atoms with Gasteiger partial charge in [-0.3, -0.25) is 4.79 Å². The molecule has 1 aliphatic rings. The van der Waals surface area contributed by atoms with Crippen molar-refractivity contribution in [1.82, 2.24) is 0 Å². The van der Waals surface area contributed by atoms with E-state index in [2.05, 4.69) is 10.2 Å². The third-order valence-corrected chi connectivity index (χ3v) is 0.999. The molecule has 0 aromatic rings. The summed E-state index contributed by atoms with van der Waals surface area (Å²) in [7, 11) is 0. The molecule has 1 aliphatic heterocycles. The smallest absolute Gasteiger partial charge is 0.268 e. The van der Waals surface area contributed by atoms with Gasteiger partial charge in [0.15, 0.2) is 0 Å². The number of nitrogens with two attached hydrogens (primary N) is 1. The van der Waals surface area contributed by atoms with Gasteiger partial charge in [-0.2, -0.15) is 5.11 Å². The molecule has 4 nitrogen and oxygen atoms in total. The fourth-order valence-electron chi connectivity index (χ4n) is 0.580. The number of hydrogen-bond donors (Lipinski definition) is 1. The number of carbonyl (C=O) groups is 1. The molecule has 0 spiro atoms. The molecule has 4 heteroatoms. The van der Waals surface area contributed by atoms with Crippen LogP contribution < -0.4 is 5.73 Å². The molecule has 0 bridgehead atoms. The maximum atomic E-state index is 10.3. The van der Waals surface area contributed by atoms with E-state index in [0.29, 0.717) is 0 Å². The van der Waals surface area contributed by atoms with Crippen LogP contribution in [0.4, 0.5) is 0 Å². The molecule has 0 saturated carbocycles. The lowest BCUT2D eigenvalue weighted by Crippen LogP contribution is -2.11. The van der Waals surface area contributed by atoms with Gasteiger partial charge >= 0.3 is 0 Å². The van der Waals surface area contributed by atoms with Crippen molar-refractivity contribution < 1.29 is 4.79 Å². The molecule has 1 rings (SSSR count). The number of rotatable bonds is 1. The maximum Gasteiger partial charge on any atom is 0.268 e. The van der Waals surface area contributed by atoms with Gasteiger partial charge in [0, 0.05) is 0 Å². The van der Waals surface area contributed by atoms with Crippen LogP contribution in [0.25, 0.3) is 0 Å². The molecule has 1 amide bonds. The molecule has 48 valence electrons. The van der Waals surface area contributed by atoms with E-state index in [1.54, 1.807) is 6.08 Å². The standard InChI is InChI=1S/C5H7N3O/c1-3-2-4(5(6)9)8-7-3/h2-3H,1H3,(H2,6,9). The molecule has 0 aromatic carbocycles. The summed E-state index contributed by atoms with van der Waals surface area (Å²) in [4.78, 5) is 10.3. The first kappa shape index (κ1) is 5.94. The van der Waals surface area contributed by atoms with E-state index in [1.165, 1.54) is 0 Å². The highest BCUT2D eigenvalue weighted by Gasteiger charge is 2.10. The Morgan fingerprint density at radius 2 is 2.56 bits per heavy atom. The molecule has 1 unspecified atom stereocenters. The van der Waals surface area contributed by atoms with Gasteiger partial charge in [-0.25, -0.2) is 0 Å². The Balaban J connectivity index is 2.75. The Kier molecular flexibility index (Phi) is 1.30. The summed E-state index contributed by atoms with van der Waals surface area (Å²) in [6.07, 6.45) is 1.63. The lowest BCUT2D eigenvalue weighted by molar-refractivity contribution is -0.114. The zero-order valence-electron chi connectivity index (χ0n) is 5.03. The number of carbonyl (C=O) groups excluding carboxylic acids is 1. The van der Waals surface area contributed by atoms with E-state index in [9.17, 15) is 4.79 Å². The fraction of sp³-hybridized carbons (Fsp3) is 0.400. The Hall–Kier alpha value is -1.19. The van der Waals surface area contributed by atoms with Gasteiger partial charge < -0.3 is 5.73 Å². The average molecular weight is 125 g/mol. The Labute approximate surface area is 52.5 Å². The van der Waals surface area contributed by atoms with Crippen LogP contribution in [-0.4, -0.2) is 11.9 Å². The van der Waals surface area contributed by atoms with Gasteiger partial charge in [0.05, 0.1) is 6.04 Å². The lowest BCUT2D eigenvalue weighted by atomic mass is 10.3. The first-order chi connectivity index (χ1) is 4.20. The second-order valence-electron chi connectivity index (χ2n) is 1.87. The van der Waals surface area contributed by atoms with Crippen molar-refractivity contribution in [2.45, 2.75) is 13.0 Å². The van der Waals surface area contributed by atoms with Crippen molar-refractivity contribution in [3.63, 3.8) is 0 Å². The first-order valence-electron chi connectivity index (χ1n) is 2.62. The van der Waals surface area contributed by atoms with Crippen LogP contribution in [0, 0.1) is 0 Å². The van der Waals surface area contributed by atoms with Crippen LogP contribution in [0.3, 0.4) is 0 Å². The van der Waals surface area contributed by atoms with E-state index in [4.69, 9.17) is 5.73 Å². The van der Waals surface area contributed by atoms with Gasteiger partial charge in [-0.05, 0) is 13.0 Å². The summed E-state index contributed by atoms with van der Waals surface area (Å²) >= 11 is 0. The number of amides is 1. The molecule has 0 fully saturated rings. The highest BCUT2D eigenvalue weighted by atomic mass is 16.1. The van der Waals surface area contributed by atoms with Gasteiger partial charge in [0.2, 0.25) is 0 Å². The summed E-state index contributed by atoms with van der Waals surface area (Å²) in [6, 6.07) is 0.00694. The van der Waals surface area contributed by atoms with E-state index in [0.717, 1.165) is 0 Å². The molecular weight excluding hydrogens is 118 g/mol. The third kappa shape index (κ3) is 1.13. The van der Waals surface area contributed by atoms with Gasteiger partial charge in [-0.1, -0.05) is 0 Å². The van der Waals surface area contributed by atoms with Crippen molar-refractivity contribution in [3.05, 3.63) is 11.8 Å². The highest BCUT2D eigenvalue weighted by molar-refractivity contribution is 5.91. The minimum absolute atomic E-state index is 0.00694. The normalized spacial score (nSPS) is 24.1. The molecule has 1 heterocycles. The molecular formula is C5H7N3O. The summed E-state index contributed by atoms with van der Waals surface area (Å²) in [5.74, 6) is -0.511. The highest BCUT2D eigenvalue weighted by Crippen LogP contribution is 2.10. The molecule has 1 atom stereocenters. The summed E-state index contributed by atoms with van der Waals surface area (Å²) in [6.45, 7) is 1.83. The van der Waals surface area contributed by atoms with Gasteiger partial charge in [-0.15, -0.1) is 5.11 Å². The molecule has 0 aromatic heterocycles. The van der Waals surface area contributed by atoms with Crippen molar-refractivity contribution in [2.24, 2.45) is 16.0 Å². The second-order valence-corrected chi connectivity index (χ2v) is 1.87. The van der Waals surface area contributed by atoms with Crippen LogP contribution in [0.1, 0.15) is 6.92 Å². The predicted molar refractivity (Wildman–Crippen MR) is 31.6 cm³/mol. The van der Waals surface area contributed by atoms with Crippen molar-refractivity contribution >= 4 is 5.91 Å². The van der Waals surface area contributed by atoms with Gasteiger partial charge in [0.1, 0.15) is 5.70 Å². The van der Waals surface area contributed by atoms with E-state index in [-0.39, 0.29) is 11.7 Å². The maximum absolute atomic E-state index is 10.3. The average Bonchev–Trinajstić information content (AvgIpc) is 2.14. The predicted octanol–water partition coefficient (Wildman–Crippen LogP) is 0.210. The van der Waals surface area contributed by atoms with E-state index in [1.807, 2.05) is 6.92 Å². The zero-order chi connectivity index (χ0) is 6.85. The number of hydrogen-bond acceptors (Lipinski definition) is 3. The minimum atomic E-state index is -0.511. The lowest BCUT2D eigenvalue weighted by Gasteiger charge is -1.84. The Morgan fingerprint density at radius 1 is 1.89 bits per heavy atom. The minimum Gasteiger partial charge on any atom is -0.364 e. The SMILES string of the molecule is CC1C=C(C(N)=O)N=N1. The van der Waals surface area contributed by atoms with Crippen LogP contribution in [-0.2, 0) is 4.79 Å². The summed E-state index contributed by atoms with van der Waals surface area (Å²) in [5, 5.41) is 7.20. The topological polar surface area (TPSA) is 67.8 Å². The molecule has 0 radical (unpaired) electrons.